The Kier molecular flexibility index (Phi) is 4.56. The Morgan fingerprint density at radius 3 is 2.63 bits per heavy atom. The second-order valence-corrected chi connectivity index (χ2v) is 5.19. The van der Waals surface area contributed by atoms with Gasteiger partial charge in [-0.2, -0.15) is 0 Å². The lowest BCUT2D eigenvalue weighted by Gasteiger charge is -2.37. The first kappa shape index (κ1) is 14.0. The van der Waals surface area contributed by atoms with Crippen LogP contribution in [-0.4, -0.2) is 53.6 Å². The summed E-state index contributed by atoms with van der Waals surface area (Å²) in [6.07, 6.45) is 1.02. The number of carboxylic acids is 1. The van der Waals surface area contributed by atoms with Crippen LogP contribution in [0.15, 0.2) is 24.3 Å². The number of nitrogens with zero attached hydrogens (tertiary/aromatic N) is 2. The van der Waals surface area contributed by atoms with E-state index in [2.05, 4.69) is 36.1 Å². The minimum absolute atomic E-state index is 0.387. The molecule has 2 rings (SSSR count). The van der Waals surface area contributed by atoms with Crippen LogP contribution in [0.25, 0.3) is 0 Å². The highest BCUT2D eigenvalue weighted by Gasteiger charge is 2.29. The number of hydrogen-bond acceptors (Lipinski definition) is 3. The summed E-state index contributed by atoms with van der Waals surface area (Å²) in [6.45, 7) is 5.35. The predicted molar refractivity (Wildman–Crippen MR) is 75.2 cm³/mol. The Hall–Kier alpha value is -1.39. The first-order chi connectivity index (χ1) is 9.11. The maximum Gasteiger partial charge on any atom is 0.322 e. The Bertz CT molecular complexity index is 448. The van der Waals surface area contributed by atoms with Gasteiger partial charge in [0.1, 0.15) is 6.04 Å². The fourth-order valence-corrected chi connectivity index (χ4v) is 2.64. The van der Waals surface area contributed by atoms with E-state index >= 15 is 0 Å². The van der Waals surface area contributed by atoms with Crippen molar-refractivity contribution in [3.63, 3.8) is 0 Å². The van der Waals surface area contributed by atoms with E-state index < -0.39 is 5.97 Å². The van der Waals surface area contributed by atoms with Crippen LogP contribution >= 0.6 is 0 Å². The van der Waals surface area contributed by atoms with E-state index in [9.17, 15) is 9.90 Å². The predicted octanol–water partition coefficient (Wildman–Crippen LogP) is 1.45. The summed E-state index contributed by atoms with van der Waals surface area (Å²) in [4.78, 5) is 15.4. The average Bonchev–Trinajstić information content (AvgIpc) is 2.41. The molecule has 1 atom stereocenters. The van der Waals surface area contributed by atoms with Crippen LogP contribution in [0, 0.1) is 0 Å². The van der Waals surface area contributed by atoms with E-state index in [0.717, 1.165) is 26.1 Å². The number of carboxylic acid groups (broad SMARTS) is 1. The molecule has 4 heteroatoms. The van der Waals surface area contributed by atoms with Crippen molar-refractivity contribution in [1.82, 2.24) is 9.80 Å². The molecule has 1 unspecified atom stereocenters. The zero-order valence-electron chi connectivity index (χ0n) is 11.7. The second-order valence-electron chi connectivity index (χ2n) is 5.19. The van der Waals surface area contributed by atoms with Gasteiger partial charge in [-0.1, -0.05) is 31.2 Å². The van der Waals surface area contributed by atoms with Crippen LogP contribution in [0.5, 0.6) is 0 Å². The minimum Gasteiger partial charge on any atom is -0.480 e. The van der Waals surface area contributed by atoms with E-state index in [1.807, 2.05) is 11.9 Å². The fourth-order valence-electron chi connectivity index (χ4n) is 2.64. The number of carbonyl (C=O) groups is 1. The van der Waals surface area contributed by atoms with Gasteiger partial charge in [-0.3, -0.25) is 14.6 Å². The first-order valence-corrected chi connectivity index (χ1v) is 6.84. The zero-order valence-corrected chi connectivity index (χ0v) is 11.7. The van der Waals surface area contributed by atoms with Gasteiger partial charge >= 0.3 is 5.97 Å². The molecule has 1 saturated heterocycles. The molecule has 0 radical (unpaired) electrons. The molecule has 1 fully saturated rings. The smallest absolute Gasteiger partial charge is 0.322 e. The van der Waals surface area contributed by atoms with E-state index in [1.165, 1.54) is 11.1 Å². The van der Waals surface area contributed by atoms with Gasteiger partial charge in [0, 0.05) is 26.2 Å². The second kappa shape index (κ2) is 6.17. The Morgan fingerprint density at radius 1 is 1.32 bits per heavy atom. The standard InChI is InChI=1S/C15H22N2O2/c1-3-12-6-4-5-7-13(12)10-17-9-8-16(2)14(11-17)15(18)19/h4-7,14H,3,8-11H2,1-2H3,(H,18,19). The van der Waals surface area contributed by atoms with Gasteiger partial charge in [0.25, 0.3) is 0 Å². The Morgan fingerprint density at radius 2 is 2.00 bits per heavy atom. The van der Waals surface area contributed by atoms with Gasteiger partial charge < -0.3 is 5.11 Å². The third-order valence-corrected chi connectivity index (χ3v) is 3.91. The summed E-state index contributed by atoms with van der Waals surface area (Å²) in [5.74, 6) is -0.726. The quantitative estimate of drug-likeness (QED) is 0.892. The van der Waals surface area contributed by atoms with Crippen molar-refractivity contribution in [3.8, 4) is 0 Å². The summed E-state index contributed by atoms with van der Waals surface area (Å²) in [5.41, 5.74) is 2.67. The third-order valence-electron chi connectivity index (χ3n) is 3.91. The molecule has 19 heavy (non-hydrogen) atoms. The third kappa shape index (κ3) is 3.33. The van der Waals surface area contributed by atoms with Crippen molar-refractivity contribution in [1.29, 1.82) is 0 Å². The Labute approximate surface area is 114 Å². The van der Waals surface area contributed by atoms with Crippen LogP contribution < -0.4 is 0 Å². The number of rotatable bonds is 4. The molecule has 1 aromatic rings. The molecule has 1 aliphatic heterocycles. The van der Waals surface area contributed by atoms with E-state index in [1.54, 1.807) is 0 Å². The molecule has 0 bridgehead atoms. The minimum atomic E-state index is -0.726. The van der Waals surface area contributed by atoms with Gasteiger partial charge in [0.15, 0.2) is 0 Å². The first-order valence-electron chi connectivity index (χ1n) is 6.84. The monoisotopic (exact) mass is 262 g/mol. The van der Waals surface area contributed by atoms with Crippen molar-refractivity contribution in [3.05, 3.63) is 35.4 Å². The number of likely N-dealkylation sites (N-methyl/N-ethyl adjacent to an activating group) is 1. The molecule has 4 nitrogen and oxygen atoms in total. The van der Waals surface area contributed by atoms with Crippen LogP contribution in [0.1, 0.15) is 18.1 Å². The van der Waals surface area contributed by atoms with E-state index in [0.29, 0.717) is 6.54 Å². The highest BCUT2D eigenvalue weighted by atomic mass is 16.4. The van der Waals surface area contributed by atoms with Crippen molar-refractivity contribution in [2.24, 2.45) is 0 Å². The zero-order chi connectivity index (χ0) is 13.8. The maximum absolute atomic E-state index is 11.2. The topological polar surface area (TPSA) is 43.8 Å². The largest absolute Gasteiger partial charge is 0.480 e. The van der Waals surface area contributed by atoms with Crippen molar-refractivity contribution in [2.45, 2.75) is 25.9 Å². The molecule has 0 aliphatic carbocycles. The molecule has 104 valence electrons. The van der Waals surface area contributed by atoms with Gasteiger partial charge in [0.05, 0.1) is 0 Å². The number of aliphatic carboxylic acids is 1. The van der Waals surface area contributed by atoms with E-state index in [4.69, 9.17) is 0 Å². The summed E-state index contributed by atoms with van der Waals surface area (Å²) in [5, 5.41) is 9.22. The van der Waals surface area contributed by atoms with Crippen LogP contribution in [0.4, 0.5) is 0 Å². The van der Waals surface area contributed by atoms with Crippen molar-refractivity contribution < 1.29 is 9.90 Å². The number of aryl methyl sites for hydroxylation is 1. The van der Waals surface area contributed by atoms with Gasteiger partial charge in [0.2, 0.25) is 0 Å². The normalized spacial score (nSPS) is 21.5. The highest BCUT2D eigenvalue weighted by Crippen LogP contribution is 2.15. The summed E-state index contributed by atoms with van der Waals surface area (Å²) >= 11 is 0. The van der Waals surface area contributed by atoms with Gasteiger partial charge in [-0.15, -0.1) is 0 Å². The molecule has 0 saturated carbocycles. The molecule has 1 N–H and O–H groups in total. The summed E-state index contributed by atoms with van der Waals surface area (Å²) in [7, 11) is 1.89. The fraction of sp³-hybridized carbons (Fsp3) is 0.533. The van der Waals surface area contributed by atoms with Crippen molar-refractivity contribution >= 4 is 5.97 Å². The van der Waals surface area contributed by atoms with Gasteiger partial charge in [-0.05, 0) is 24.6 Å². The average molecular weight is 262 g/mol. The van der Waals surface area contributed by atoms with Crippen LogP contribution in [0.3, 0.4) is 0 Å². The lowest BCUT2D eigenvalue weighted by molar-refractivity contribution is -0.145. The number of benzene rings is 1. The summed E-state index contributed by atoms with van der Waals surface area (Å²) < 4.78 is 0. The molecule has 0 spiro atoms. The van der Waals surface area contributed by atoms with E-state index in [-0.39, 0.29) is 6.04 Å². The summed E-state index contributed by atoms with van der Waals surface area (Å²) in [6, 6.07) is 8.03. The maximum atomic E-state index is 11.2. The van der Waals surface area contributed by atoms with Crippen LogP contribution in [-0.2, 0) is 17.8 Å². The van der Waals surface area contributed by atoms with Crippen LogP contribution in [0.2, 0.25) is 0 Å². The molecular weight excluding hydrogens is 240 g/mol. The van der Waals surface area contributed by atoms with Crippen molar-refractivity contribution in [2.75, 3.05) is 26.7 Å². The number of piperazine rings is 1. The molecule has 1 aliphatic rings. The molecule has 0 amide bonds. The molecular formula is C15H22N2O2. The molecule has 1 heterocycles. The van der Waals surface area contributed by atoms with Gasteiger partial charge in [-0.25, -0.2) is 0 Å². The molecule has 1 aromatic carbocycles. The lowest BCUT2D eigenvalue weighted by Crippen LogP contribution is -2.54. The number of hydrogen-bond donors (Lipinski definition) is 1. The molecule has 0 aromatic heterocycles. The highest BCUT2D eigenvalue weighted by molar-refractivity contribution is 5.73. The Balaban J connectivity index is 2.05. The SMILES string of the molecule is CCc1ccccc1CN1CCN(C)C(C(=O)O)C1. The lowest BCUT2D eigenvalue weighted by atomic mass is 10.0.